The van der Waals surface area contributed by atoms with Gasteiger partial charge in [-0.05, 0) is 42.6 Å². The van der Waals surface area contributed by atoms with Crippen LogP contribution in [-0.4, -0.2) is 28.0 Å². The highest BCUT2D eigenvalue weighted by Crippen LogP contribution is 2.42. The molecule has 31 heavy (non-hydrogen) atoms. The summed E-state index contributed by atoms with van der Waals surface area (Å²) in [6.45, 7) is 0.962. The minimum absolute atomic E-state index is 0.0309. The second kappa shape index (κ2) is 9.29. The predicted octanol–water partition coefficient (Wildman–Crippen LogP) is 4.65. The fourth-order valence-electron chi connectivity index (χ4n) is 4.33. The third-order valence-corrected chi connectivity index (χ3v) is 5.92. The Kier molecular flexibility index (Phi) is 6.30. The fraction of sp³-hybridized carbons (Fsp3) is 0.280. The van der Waals surface area contributed by atoms with E-state index in [4.69, 9.17) is 4.74 Å². The van der Waals surface area contributed by atoms with Gasteiger partial charge in [-0.2, -0.15) is 0 Å². The minimum Gasteiger partial charge on any atom is -0.482 e. The monoisotopic (exact) mass is 418 g/mol. The summed E-state index contributed by atoms with van der Waals surface area (Å²) >= 11 is 0. The van der Waals surface area contributed by atoms with Gasteiger partial charge in [0.15, 0.2) is 5.75 Å². The van der Waals surface area contributed by atoms with E-state index in [1.165, 1.54) is 5.56 Å². The molecule has 0 radical (unpaired) electrons. The number of aliphatic hydroxyl groups excluding tert-OH is 1. The summed E-state index contributed by atoms with van der Waals surface area (Å²) in [7, 11) is 1.98. The lowest BCUT2D eigenvalue weighted by Gasteiger charge is -2.36. The first-order chi connectivity index (χ1) is 15.0. The molecule has 3 aromatic carbocycles. The van der Waals surface area contributed by atoms with Crippen molar-refractivity contribution < 1.29 is 14.8 Å². The van der Waals surface area contributed by atoms with Crippen molar-refractivity contribution in [1.82, 2.24) is 4.90 Å². The summed E-state index contributed by atoms with van der Waals surface area (Å²) in [4.78, 5) is 13.6. The van der Waals surface area contributed by atoms with Gasteiger partial charge >= 0.3 is 5.69 Å². The molecule has 4 rings (SSSR count). The average Bonchev–Trinajstić information content (AvgIpc) is 2.78. The maximum Gasteiger partial charge on any atom is 0.314 e. The van der Waals surface area contributed by atoms with Crippen LogP contribution in [0.25, 0.3) is 0 Å². The molecule has 1 aliphatic rings. The van der Waals surface area contributed by atoms with E-state index in [2.05, 4.69) is 17.0 Å². The lowest BCUT2D eigenvalue weighted by Crippen LogP contribution is -2.39. The van der Waals surface area contributed by atoms with Gasteiger partial charge < -0.3 is 9.84 Å². The van der Waals surface area contributed by atoms with E-state index < -0.39 is 6.10 Å². The molecule has 0 saturated carbocycles. The number of nitro benzene ring substituents is 1. The van der Waals surface area contributed by atoms with Crippen LogP contribution in [0.4, 0.5) is 5.69 Å². The number of nitrogens with zero attached hydrogens (tertiary/aromatic N) is 2. The highest BCUT2D eigenvalue weighted by Gasteiger charge is 2.36. The van der Waals surface area contributed by atoms with Gasteiger partial charge in [-0.3, -0.25) is 15.0 Å². The number of fused-ring (bicyclic) bond motifs is 1. The van der Waals surface area contributed by atoms with E-state index in [0.717, 1.165) is 5.56 Å². The summed E-state index contributed by atoms with van der Waals surface area (Å²) in [6.07, 6.45) is 0.370. The molecule has 6 heteroatoms. The van der Waals surface area contributed by atoms with Crippen LogP contribution < -0.4 is 4.74 Å². The standard InChI is InChI=1S/C25H26N2O4/c1-26(16-18-8-4-2-5-9-18)22-14-12-20-21(25(22)28)13-15-23(24(20)27(29)30)31-17-19-10-6-3-7-11-19/h2-11,13,15,22,25,28H,12,14,16-17H2,1H3/t22-,25-/m0/s1. The Morgan fingerprint density at radius 2 is 1.68 bits per heavy atom. The first kappa shape index (κ1) is 21.0. The van der Waals surface area contributed by atoms with Crippen LogP contribution in [-0.2, 0) is 19.6 Å². The van der Waals surface area contributed by atoms with Crippen molar-refractivity contribution in [3.05, 3.63) is 105 Å². The number of benzene rings is 3. The van der Waals surface area contributed by atoms with Crippen molar-refractivity contribution in [2.45, 2.75) is 38.1 Å². The molecule has 0 unspecified atom stereocenters. The van der Waals surface area contributed by atoms with E-state index in [0.29, 0.717) is 30.5 Å². The molecule has 3 aromatic rings. The van der Waals surface area contributed by atoms with E-state index in [9.17, 15) is 15.2 Å². The molecule has 0 amide bonds. The first-order valence-corrected chi connectivity index (χ1v) is 10.4. The lowest BCUT2D eigenvalue weighted by atomic mass is 9.84. The summed E-state index contributed by atoms with van der Waals surface area (Å²) in [6, 6.07) is 22.9. The largest absolute Gasteiger partial charge is 0.482 e. The van der Waals surface area contributed by atoms with Gasteiger partial charge in [0.05, 0.1) is 11.0 Å². The van der Waals surface area contributed by atoms with Crippen molar-refractivity contribution in [3.63, 3.8) is 0 Å². The number of ether oxygens (including phenoxy) is 1. The number of rotatable bonds is 7. The van der Waals surface area contributed by atoms with Crippen molar-refractivity contribution in [3.8, 4) is 5.75 Å². The molecule has 6 nitrogen and oxygen atoms in total. The zero-order valence-electron chi connectivity index (χ0n) is 17.5. The second-order valence-electron chi connectivity index (χ2n) is 7.96. The van der Waals surface area contributed by atoms with Crippen LogP contribution in [0, 0.1) is 10.1 Å². The minimum atomic E-state index is -0.792. The van der Waals surface area contributed by atoms with Crippen LogP contribution in [0.5, 0.6) is 5.75 Å². The van der Waals surface area contributed by atoms with Crippen LogP contribution in [0.1, 0.15) is 34.8 Å². The van der Waals surface area contributed by atoms with Crippen molar-refractivity contribution in [2.24, 2.45) is 0 Å². The second-order valence-corrected chi connectivity index (χ2v) is 7.96. The smallest absolute Gasteiger partial charge is 0.314 e. The molecule has 1 N–H and O–H groups in total. The SMILES string of the molecule is CN(Cc1ccccc1)[C@H]1CCc2c(ccc(OCc3ccccc3)c2[N+](=O)[O-])[C@@H]1O. The topological polar surface area (TPSA) is 75.8 Å². The van der Waals surface area contributed by atoms with Crippen molar-refractivity contribution in [1.29, 1.82) is 0 Å². The Hall–Kier alpha value is -3.22. The summed E-state index contributed by atoms with van der Waals surface area (Å²) in [5.41, 5.74) is 3.27. The molecule has 0 fully saturated rings. The van der Waals surface area contributed by atoms with Gasteiger partial charge in [-0.1, -0.05) is 66.7 Å². The third kappa shape index (κ3) is 4.60. The molecule has 160 valence electrons. The Bertz CT molecular complexity index is 1040. The number of hydrogen-bond acceptors (Lipinski definition) is 5. The zero-order valence-corrected chi connectivity index (χ0v) is 17.5. The zero-order chi connectivity index (χ0) is 21.8. The van der Waals surface area contributed by atoms with Crippen LogP contribution >= 0.6 is 0 Å². The molecule has 0 aliphatic heterocycles. The van der Waals surface area contributed by atoms with Crippen LogP contribution in [0.3, 0.4) is 0 Å². The number of aliphatic hydroxyl groups is 1. The molecule has 0 saturated heterocycles. The highest BCUT2D eigenvalue weighted by atomic mass is 16.6. The fourth-order valence-corrected chi connectivity index (χ4v) is 4.33. The predicted molar refractivity (Wildman–Crippen MR) is 119 cm³/mol. The maximum atomic E-state index is 11.9. The van der Waals surface area contributed by atoms with Crippen LogP contribution in [0.15, 0.2) is 72.8 Å². The summed E-state index contributed by atoms with van der Waals surface area (Å²) < 4.78 is 5.81. The first-order valence-electron chi connectivity index (χ1n) is 10.4. The summed E-state index contributed by atoms with van der Waals surface area (Å²) in [5.74, 6) is 0.246. The molecule has 0 spiro atoms. The molecule has 0 heterocycles. The molecule has 2 atom stereocenters. The van der Waals surface area contributed by atoms with Gasteiger partial charge in [0.2, 0.25) is 0 Å². The molecular formula is C25H26N2O4. The van der Waals surface area contributed by atoms with E-state index in [1.54, 1.807) is 12.1 Å². The molecule has 1 aliphatic carbocycles. The van der Waals surface area contributed by atoms with Crippen molar-refractivity contribution >= 4 is 5.69 Å². The Balaban J connectivity index is 1.56. The summed E-state index contributed by atoms with van der Waals surface area (Å²) in [5, 5.41) is 23.0. The van der Waals surface area contributed by atoms with Gasteiger partial charge in [0.1, 0.15) is 6.61 Å². The molecular weight excluding hydrogens is 392 g/mol. The normalized spacial score (nSPS) is 17.9. The number of likely N-dealkylation sites (N-methyl/N-ethyl adjacent to an activating group) is 1. The van der Waals surface area contributed by atoms with Gasteiger partial charge in [0.25, 0.3) is 0 Å². The third-order valence-electron chi connectivity index (χ3n) is 5.92. The quantitative estimate of drug-likeness (QED) is 0.446. The molecule has 0 bridgehead atoms. The van der Waals surface area contributed by atoms with Gasteiger partial charge in [0, 0.05) is 18.2 Å². The van der Waals surface area contributed by atoms with Gasteiger partial charge in [-0.25, -0.2) is 0 Å². The Morgan fingerprint density at radius 1 is 1.03 bits per heavy atom. The Labute approximate surface area is 181 Å². The highest BCUT2D eigenvalue weighted by molar-refractivity contribution is 5.58. The number of hydrogen-bond donors (Lipinski definition) is 1. The lowest BCUT2D eigenvalue weighted by molar-refractivity contribution is -0.386. The number of nitro groups is 1. The Morgan fingerprint density at radius 3 is 2.32 bits per heavy atom. The maximum absolute atomic E-state index is 11.9. The van der Waals surface area contributed by atoms with Gasteiger partial charge in [-0.15, -0.1) is 0 Å². The van der Waals surface area contributed by atoms with Crippen molar-refractivity contribution in [2.75, 3.05) is 7.05 Å². The van der Waals surface area contributed by atoms with Crippen LogP contribution in [0.2, 0.25) is 0 Å². The average molecular weight is 418 g/mol. The van der Waals surface area contributed by atoms with E-state index in [1.807, 2.05) is 55.6 Å². The van der Waals surface area contributed by atoms with E-state index in [-0.39, 0.29) is 29.0 Å². The molecule has 0 aromatic heterocycles. The van der Waals surface area contributed by atoms with E-state index >= 15 is 0 Å².